The zero-order valence-corrected chi connectivity index (χ0v) is 18.8. The molecule has 1 spiro atoms. The van der Waals surface area contributed by atoms with Crippen molar-refractivity contribution in [2.24, 2.45) is 17.8 Å². The van der Waals surface area contributed by atoms with Crippen LogP contribution in [0.15, 0.2) is 12.7 Å². The summed E-state index contributed by atoms with van der Waals surface area (Å²) in [6.45, 7) is 10.4. The second kappa shape index (κ2) is 9.28. The molecule has 0 aromatic rings. The molecule has 2 unspecified atom stereocenters. The van der Waals surface area contributed by atoms with Crippen molar-refractivity contribution in [1.82, 2.24) is 9.80 Å². The Balaban J connectivity index is 2.06. The van der Waals surface area contributed by atoms with Gasteiger partial charge in [0.25, 0.3) is 0 Å². The number of fused-ring (bicyclic) bond motifs is 1. The van der Waals surface area contributed by atoms with E-state index in [0.29, 0.717) is 32.4 Å². The number of unbranched alkanes of at least 4 members (excludes halogenated alkanes) is 1. The lowest BCUT2D eigenvalue weighted by molar-refractivity contribution is -0.153. The molecule has 3 fully saturated rings. The van der Waals surface area contributed by atoms with E-state index in [2.05, 4.69) is 6.58 Å². The van der Waals surface area contributed by atoms with Gasteiger partial charge in [0.05, 0.1) is 30.6 Å². The number of nitrogens with zero attached hydrogens (tertiary/aromatic N) is 2. The number of rotatable bonds is 11. The average molecular weight is 437 g/mol. The number of hydrogen-bond acceptors (Lipinski definition) is 5. The zero-order valence-electron chi connectivity index (χ0n) is 18.8. The standard InChI is InChI=1S/C23H36N2O6/c1-5-7-11-24(10-6-2)21(28)19-23-9-8-16(31-23)17(22(29)30)18(23)20(27)25(19)15(13-26)12-14(3)4/h6,14-19,26H,2,5,7-13H2,1,3-4H3,(H,29,30)/t15-,16-,17+,18+,19?,23?/m1/s1. The maximum absolute atomic E-state index is 13.9. The summed E-state index contributed by atoms with van der Waals surface area (Å²) in [5.74, 6) is -3.33. The Kier molecular flexibility index (Phi) is 7.11. The first-order chi connectivity index (χ1) is 14.7. The van der Waals surface area contributed by atoms with Gasteiger partial charge in [-0.1, -0.05) is 33.3 Å². The lowest BCUT2D eigenvalue weighted by atomic mass is 9.70. The van der Waals surface area contributed by atoms with Crippen LogP contribution >= 0.6 is 0 Å². The fourth-order valence-corrected chi connectivity index (χ4v) is 5.83. The first-order valence-electron chi connectivity index (χ1n) is 11.5. The van der Waals surface area contributed by atoms with Crippen LogP contribution in [-0.4, -0.2) is 81.3 Å². The molecular weight excluding hydrogens is 400 g/mol. The number of carbonyl (C=O) groups excluding carboxylic acids is 2. The molecule has 31 heavy (non-hydrogen) atoms. The van der Waals surface area contributed by atoms with E-state index in [0.717, 1.165) is 12.8 Å². The molecule has 3 aliphatic rings. The van der Waals surface area contributed by atoms with Crippen molar-refractivity contribution >= 4 is 17.8 Å². The summed E-state index contributed by atoms with van der Waals surface area (Å²) in [5, 5.41) is 20.0. The predicted molar refractivity (Wildman–Crippen MR) is 114 cm³/mol. The minimum Gasteiger partial charge on any atom is -0.481 e. The highest BCUT2D eigenvalue weighted by atomic mass is 16.5. The third-order valence-electron chi connectivity index (χ3n) is 7.05. The molecule has 0 aromatic heterocycles. The topological polar surface area (TPSA) is 107 Å². The molecule has 0 aliphatic carbocycles. The molecule has 3 rings (SSSR count). The number of hydrogen-bond donors (Lipinski definition) is 2. The lowest BCUT2D eigenvalue weighted by Gasteiger charge is -2.39. The van der Waals surface area contributed by atoms with Gasteiger partial charge in [0, 0.05) is 13.1 Å². The fraction of sp³-hybridized carbons (Fsp3) is 0.783. The third-order valence-corrected chi connectivity index (χ3v) is 7.05. The van der Waals surface area contributed by atoms with Gasteiger partial charge in [-0.2, -0.15) is 0 Å². The van der Waals surface area contributed by atoms with E-state index in [9.17, 15) is 24.6 Å². The minimum absolute atomic E-state index is 0.190. The van der Waals surface area contributed by atoms with Crippen molar-refractivity contribution < 1.29 is 29.3 Å². The lowest BCUT2D eigenvalue weighted by Crippen LogP contribution is -2.59. The van der Waals surface area contributed by atoms with Crippen molar-refractivity contribution in [2.75, 3.05) is 19.7 Å². The number of aliphatic hydroxyl groups excluding tert-OH is 1. The molecule has 2 amide bonds. The first-order valence-corrected chi connectivity index (χ1v) is 11.5. The van der Waals surface area contributed by atoms with Gasteiger partial charge in [-0.25, -0.2) is 0 Å². The number of amides is 2. The summed E-state index contributed by atoms with van der Waals surface area (Å²) in [6, 6.07) is -1.48. The Morgan fingerprint density at radius 1 is 1.42 bits per heavy atom. The van der Waals surface area contributed by atoms with Crippen LogP contribution in [0.4, 0.5) is 0 Å². The van der Waals surface area contributed by atoms with Crippen molar-refractivity contribution in [3.05, 3.63) is 12.7 Å². The number of aliphatic hydroxyl groups is 1. The Bertz CT molecular complexity index is 725. The Labute approximate surface area is 184 Å². The molecule has 0 radical (unpaired) electrons. The molecule has 174 valence electrons. The van der Waals surface area contributed by atoms with Gasteiger partial charge in [-0.05, 0) is 31.6 Å². The molecular formula is C23H36N2O6. The maximum atomic E-state index is 13.9. The summed E-state index contributed by atoms with van der Waals surface area (Å²) in [6.07, 6.45) is 4.34. The molecule has 2 bridgehead atoms. The summed E-state index contributed by atoms with van der Waals surface area (Å²) < 4.78 is 6.23. The van der Waals surface area contributed by atoms with Crippen LogP contribution in [0.3, 0.4) is 0 Å². The fourth-order valence-electron chi connectivity index (χ4n) is 5.83. The van der Waals surface area contributed by atoms with E-state index < -0.39 is 41.6 Å². The summed E-state index contributed by atoms with van der Waals surface area (Å²) in [7, 11) is 0. The number of carboxylic acids is 1. The predicted octanol–water partition coefficient (Wildman–Crippen LogP) is 1.67. The van der Waals surface area contributed by atoms with Gasteiger partial charge in [-0.15, -0.1) is 6.58 Å². The molecule has 3 aliphatic heterocycles. The highest BCUT2D eigenvalue weighted by molar-refractivity contribution is 5.98. The molecule has 3 heterocycles. The van der Waals surface area contributed by atoms with Gasteiger partial charge >= 0.3 is 5.97 Å². The van der Waals surface area contributed by atoms with E-state index in [1.165, 1.54) is 4.90 Å². The summed E-state index contributed by atoms with van der Waals surface area (Å²) >= 11 is 0. The van der Waals surface area contributed by atoms with Crippen molar-refractivity contribution in [3.63, 3.8) is 0 Å². The largest absolute Gasteiger partial charge is 0.481 e. The van der Waals surface area contributed by atoms with Crippen LogP contribution in [0.25, 0.3) is 0 Å². The molecule has 8 heteroatoms. The van der Waals surface area contributed by atoms with E-state index in [-0.39, 0.29) is 24.3 Å². The molecule has 6 atom stereocenters. The van der Waals surface area contributed by atoms with Crippen LogP contribution in [-0.2, 0) is 19.1 Å². The van der Waals surface area contributed by atoms with Crippen LogP contribution in [0.2, 0.25) is 0 Å². The van der Waals surface area contributed by atoms with Crippen LogP contribution in [0, 0.1) is 17.8 Å². The number of aliphatic carboxylic acids is 1. The van der Waals surface area contributed by atoms with Gasteiger partial charge in [0.2, 0.25) is 11.8 Å². The molecule has 0 aromatic carbocycles. The first kappa shape index (κ1) is 23.7. The summed E-state index contributed by atoms with van der Waals surface area (Å²) in [4.78, 5) is 42.8. The second-order valence-corrected chi connectivity index (χ2v) is 9.53. The third kappa shape index (κ3) is 3.89. The number of ether oxygens (including phenoxy) is 1. The molecule has 8 nitrogen and oxygen atoms in total. The number of carboxylic acid groups (broad SMARTS) is 1. The van der Waals surface area contributed by atoms with E-state index in [1.807, 2.05) is 20.8 Å². The van der Waals surface area contributed by atoms with Crippen molar-refractivity contribution in [1.29, 1.82) is 0 Å². The number of likely N-dealkylation sites (tertiary alicyclic amines) is 1. The highest BCUT2D eigenvalue weighted by Crippen LogP contribution is 2.59. The SMILES string of the molecule is C=CCN(CCCC)C(=O)C1N([C@@H](CO)CC(C)C)C(=O)[C@@H]2[C@@H](C(=O)O)[C@H]3CCC12O3. The Hall–Kier alpha value is -1.93. The van der Waals surface area contributed by atoms with E-state index in [4.69, 9.17) is 4.74 Å². The van der Waals surface area contributed by atoms with E-state index >= 15 is 0 Å². The van der Waals surface area contributed by atoms with Gasteiger partial charge in [-0.3, -0.25) is 14.4 Å². The van der Waals surface area contributed by atoms with E-state index in [1.54, 1.807) is 11.0 Å². The second-order valence-electron chi connectivity index (χ2n) is 9.53. The molecule has 2 N–H and O–H groups in total. The number of carbonyl (C=O) groups is 3. The average Bonchev–Trinajstić information content (AvgIpc) is 3.36. The maximum Gasteiger partial charge on any atom is 0.310 e. The zero-order chi connectivity index (χ0) is 22.9. The normalized spacial score (nSPS) is 32.4. The van der Waals surface area contributed by atoms with Crippen LogP contribution in [0.1, 0.15) is 52.9 Å². The summed E-state index contributed by atoms with van der Waals surface area (Å²) in [5.41, 5.74) is -1.14. The van der Waals surface area contributed by atoms with Crippen LogP contribution in [0.5, 0.6) is 0 Å². The van der Waals surface area contributed by atoms with Gasteiger partial charge in [0.15, 0.2) is 0 Å². The van der Waals surface area contributed by atoms with Gasteiger partial charge in [0.1, 0.15) is 11.6 Å². The van der Waals surface area contributed by atoms with Gasteiger partial charge < -0.3 is 24.7 Å². The molecule has 3 saturated heterocycles. The Morgan fingerprint density at radius 2 is 2.13 bits per heavy atom. The van der Waals surface area contributed by atoms with Crippen molar-refractivity contribution in [2.45, 2.75) is 76.7 Å². The quantitative estimate of drug-likeness (QED) is 0.477. The minimum atomic E-state index is -1.14. The van der Waals surface area contributed by atoms with Crippen molar-refractivity contribution in [3.8, 4) is 0 Å². The Morgan fingerprint density at radius 3 is 2.68 bits per heavy atom. The monoisotopic (exact) mass is 436 g/mol. The van der Waals surface area contributed by atoms with Crippen LogP contribution < -0.4 is 0 Å². The molecule has 0 saturated carbocycles. The smallest absolute Gasteiger partial charge is 0.310 e. The highest BCUT2D eigenvalue weighted by Gasteiger charge is 2.75.